The maximum absolute atomic E-state index is 4.97. The lowest BCUT2D eigenvalue weighted by molar-refractivity contribution is 0.194. The molecular weight excluding hydrogens is 242 g/mol. The van der Waals surface area contributed by atoms with Crippen molar-refractivity contribution >= 4 is 16.9 Å². The van der Waals surface area contributed by atoms with Gasteiger partial charge in [-0.05, 0) is 43.6 Å². The molecule has 3 rings (SSSR count). The van der Waals surface area contributed by atoms with Gasteiger partial charge < -0.3 is 4.90 Å². The van der Waals surface area contributed by atoms with Gasteiger partial charge in [0.2, 0.25) is 0 Å². The number of nitrogens with zero attached hydrogens (tertiary/aromatic N) is 3. The first-order valence-electron chi connectivity index (χ1n) is 7.34. The van der Waals surface area contributed by atoms with Crippen LogP contribution in [0.4, 0.5) is 0 Å². The molecule has 0 radical (unpaired) electrons. The molecule has 2 saturated heterocycles. The lowest BCUT2D eigenvalue weighted by Gasteiger charge is -2.35. The van der Waals surface area contributed by atoms with E-state index in [0.29, 0.717) is 6.17 Å². The summed E-state index contributed by atoms with van der Waals surface area (Å²) >= 11 is 1.81. The molecule has 2 fully saturated rings. The van der Waals surface area contributed by atoms with Gasteiger partial charge >= 0.3 is 0 Å². The minimum atomic E-state index is 0.309. The van der Waals surface area contributed by atoms with Gasteiger partial charge in [-0.15, -0.1) is 0 Å². The zero-order valence-corrected chi connectivity index (χ0v) is 11.9. The fourth-order valence-corrected chi connectivity index (χ4v) is 3.83. The van der Waals surface area contributed by atoms with Crippen LogP contribution < -0.4 is 0 Å². The molecule has 0 N–H and O–H groups in total. The molecule has 0 aromatic heterocycles. The third-order valence-electron chi connectivity index (χ3n) is 4.06. The Morgan fingerprint density at radius 1 is 0.944 bits per heavy atom. The van der Waals surface area contributed by atoms with Gasteiger partial charge in [-0.3, -0.25) is 4.90 Å². The predicted octanol–water partition coefficient (Wildman–Crippen LogP) is 2.90. The van der Waals surface area contributed by atoms with E-state index in [1.165, 1.54) is 69.9 Å². The molecule has 0 aromatic carbocycles. The number of rotatable bonds is 1. The Morgan fingerprint density at radius 3 is 2.33 bits per heavy atom. The van der Waals surface area contributed by atoms with Crippen LogP contribution in [0.25, 0.3) is 0 Å². The first-order valence-corrected chi connectivity index (χ1v) is 8.21. The second-order valence-corrected chi connectivity index (χ2v) is 6.29. The molecule has 100 valence electrons. The maximum Gasteiger partial charge on any atom is 0.165 e. The first-order chi connectivity index (χ1) is 8.93. The van der Waals surface area contributed by atoms with E-state index in [0.717, 1.165) is 0 Å². The average Bonchev–Trinajstić information content (AvgIpc) is 2.49. The van der Waals surface area contributed by atoms with Crippen LogP contribution in [0.1, 0.15) is 38.5 Å². The summed E-state index contributed by atoms with van der Waals surface area (Å²) in [5.41, 5.74) is 0. The van der Waals surface area contributed by atoms with Gasteiger partial charge in [-0.25, -0.2) is 4.99 Å². The van der Waals surface area contributed by atoms with Gasteiger partial charge in [0.1, 0.15) is 6.17 Å². The first kappa shape index (κ1) is 12.5. The lowest BCUT2D eigenvalue weighted by Crippen LogP contribution is -2.41. The monoisotopic (exact) mass is 265 g/mol. The summed E-state index contributed by atoms with van der Waals surface area (Å²) in [7, 11) is 0. The van der Waals surface area contributed by atoms with E-state index in [2.05, 4.69) is 21.3 Å². The largest absolute Gasteiger partial charge is 0.351 e. The van der Waals surface area contributed by atoms with Crippen LogP contribution in [-0.2, 0) is 0 Å². The molecule has 0 aliphatic carbocycles. The second-order valence-electron chi connectivity index (χ2n) is 5.42. The number of amidine groups is 1. The fraction of sp³-hybridized carbons (Fsp3) is 0.786. The standard InChI is InChI=1S/C14H23N3S/c1-3-8-16(9-4-1)13-7-12-18-14(15-13)17-10-5-2-6-11-17/h7,12-13H,1-6,8-11H2. The zero-order valence-electron chi connectivity index (χ0n) is 11.1. The van der Waals surface area contributed by atoms with Gasteiger partial charge in [0, 0.05) is 26.2 Å². The summed E-state index contributed by atoms with van der Waals surface area (Å²) in [6, 6.07) is 0. The molecule has 18 heavy (non-hydrogen) atoms. The quantitative estimate of drug-likeness (QED) is 0.726. The van der Waals surface area contributed by atoms with Crippen molar-refractivity contribution in [3.8, 4) is 0 Å². The van der Waals surface area contributed by atoms with E-state index >= 15 is 0 Å². The lowest BCUT2D eigenvalue weighted by atomic mass is 10.1. The van der Waals surface area contributed by atoms with Crippen LogP contribution in [0.2, 0.25) is 0 Å². The Morgan fingerprint density at radius 2 is 1.61 bits per heavy atom. The topological polar surface area (TPSA) is 18.8 Å². The zero-order chi connectivity index (χ0) is 12.2. The maximum atomic E-state index is 4.97. The number of hydrogen-bond donors (Lipinski definition) is 0. The van der Waals surface area contributed by atoms with E-state index < -0.39 is 0 Å². The molecule has 1 unspecified atom stereocenters. The summed E-state index contributed by atoms with van der Waals surface area (Å²) in [6.07, 6.45) is 10.7. The molecule has 0 amide bonds. The molecule has 0 bridgehead atoms. The van der Waals surface area contributed by atoms with Crippen molar-refractivity contribution in [2.45, 2.75) is 44.7 Å². The number of likely N-dealkylation sites (tertiary alicyclic amines) is 2. The third-order valence-corrected chi connectivity index (χ3v) is 4.93. The highest BCUT2D eigenvalue weighted by molar-refractivity contribution is 8.16. The summed E-state index contributed by atoms with van der Waals surface area (Å²) in [5, 5.41) is 3.50. The Kier molecular flexibility index (Phi) is 4.26. The highest BCUT2D eigenvalue weighted by Gasteiger charge is 2.23. The normalized spacial score (nSPS) is 30.3. The summed E-state index contributed by atoms with van der Waals surface area (Å²) in [6.45, 7) is 4.84. The summed E-state index contributed by atoms with van der Waals surface area (Å²) < 4.78 is 0. The molecule has 3 nitrogen and oxygen atoms in total. The minimum Gasteiger partial charge on any atom is -0.351 e. The number of piperidine rings is 2. The molecule has 3 aliphatic heterocycles. The van der Waals surface area contributed by atoms with Crippen molar-refractivity contribution in [1.29, 1.82) is 0 Å². The number of thioether (sulfide) groups is 1. The molecule has 1 atom stereocenters. The van der Waals surface area contributed by atoms with Crippen LogP contribution >= 0.6 is 11.8 Å². The van der Waals surface area contributed by atoms with Crippen molar-refractivity contribution in [3.05, 3.63) is 11.5 Å². The molecule has 0 spiro atoms. The van der Waals surface area contributed by atoms with Gasteiger partial charge in [0.15, 0.2) is 5.17 Å². The second kappa shape index (κ2) is 6.11. The highest BCUT2D eigenvalue weighted by Crippen LogP contribution is 2.24. The van der Waals surface area contributed by atoms with Gasteiger partial charge in [0.05, 0.1) is 0 Å². The van der Waals surface area contributed by atoms with Crippen molar-refractivity contribution in [2.75, 3.05) is 26.2 Å². The Labute approximate surface area is 114 Å². The Balaban J connectivity index is 1.65. The van der Waals surface area contributed by atoms with E-state index in [1.54, 1.807) is 11.8 Å². The molecule has 0 saturated carbocycles. The van der Waals surface area contributed by atoms with Crippen LogP contribution in [0.5, 0.6) is 0 Å². The Bertz CT molecular complexity index is 328. The van der Waals surface area contributed by atoms with Crippen LogP contribution in [-0.4, -0.2) is 47.3 Å². The van der Waals surface area contributed by atoms with Crippen LogP contribution in [0.15, 0.2) is 16.5 Å². The average molecular weight is 265 g/mol. The van der Waals surface area contributed by atoms with E-state index in [4.69, 9.17) is 4.99 Å². The smallest absolute Gasteiger partial charge is 0.165 e. The fourth-order valence-electron chi connectivity index (χ4n) is 2.98. The minimum absolute atomic E-state index is 0.309. The highest BCUT2D eigenvalue weighted by atomic mass is 32.2. The van der Waals surface area contributed by atoms with Crippen LogP contribution in [0, 0.1) is 0 Å². The molecular formula is C14H23N3S. The Hall–Kier alpha value is -0.480. The number of hydrogen-bond acceptors (Lipinski definition) is 4. The molecule has 3 aliphatic rings. The predicted molar refractivity (Wildman–Crippen MR) is 78.8 cm³/mol. The van der Waals surface area contributed by atoms with Crippen molar-refractivity contribution in [2.24, 2.45) is 4.99 Å². The number of aliphatic imine (C=N–C) groups is 1. The molecule has 3 heterocycles. The van der Waals surface area contributed by atoms with Gasteiger partial charge in [-0.2, -0.15) is 0 Å². The summed E-state index contributed by atoms with van der Waals surface area (Å²) in [4.78, 5) is 9.99. The van der Waals surface area contributed by atoms with E-state index in [-0.39, 0.29) is 0 Å². The molecule has 0 aromatic rings. The van der Waals surface area contributed by atoms with E-state index in [1.807, 2.05) is 0 Å². The third kappa shape index (κ3) is 2.91. The van der Waals surface area contributed by atoms with Crippen molar-refractivity contribution < 1.29 is 0 Å². The SMILES string of the molecule is C1=CC(N2CCCCC2)N=C(N2CCCCC2)S1. The van der Waals surface area contributed by atoms with Gasteiger partial charge in [0.25, 0.3) is 0 Å². The molecule has 4 heteroatoms. The van der Waals surface area contributed by atoms with Crippen LogP contribution in [0.3, 0.4) is 0 Å². The van der Waals surface area contributed by atoms with Gasteiger partial charge in [-0.1, -0.05) is 18.2 Å². The van der Waals surface area contributed by atoms with Crippen molar-refractivity contribution in [1.82, 2.24) is 9.80 Å². The van der Waals surface area contributed by atoms with Crippen molar-refractivity contribution in [3.63, 3.8) is 0 Å². The van der Waals surface area contributed by atoms with E-state index in [9.17, 15) is 0 Å². The summed E-state index contributed by atoms with van der Waals surface area (Å²) in [5.74, 6) is 0.